The summed E-state index contributed by atoms with van der Waals surface area (Å²) in [6.45, 7) is 1.26. The number of rotatable bonds is 10. The van der Waals surface area contributed by atoms with Gasteiger partial charge in [-0.25, -0.2) is 13.2 Å². The summed E-state index contributed by atoms with van der Waals surface area (Å²) in [6.07, 6.45) is 2.32. The van der Waals surface area contributed by atoms with Crippen molar-refractivity contribution in [1.29, 1.82) is 0 Å². The highest BCUT2D eigenvalue weighted by atomic mass is 32.2. The van der Waals surface area contributed by atoms with Crippen LogP contribution in [0.25, 0.3) is 0 Å². The number of aliphatic carboxylic acids is 1. The highest BCUT2D eigenvalue weighted by molar-refractivity contribution is 7.91. The molecule has 9 nitrogen and oxygen atoms in total. The number of para-hydroxylation sites is 1. The third kappa shape index (κ3) is 6.46. The summed E-state index contributed by atoms with van der Waals surface area (Å²) in [5, 5.41) is 22.8. The third-order valence-corrected chi connectivity index (χ3v) is 7.97. The van der Waals surface area contributed by atoms with Gasteiger partial charge in [0.2, 0.25) is 5.60 Å². The molecular weight excluding hydrogens is 496 g/mol. The average molecular weight is 525 g/mol. The third-order valence-electron chi connectivity index (χ3n) is 6.12. The maximum Gasteiger partial charge on any atom is 0.340 e. The summed E-state index contributed by atoms with van der Waals surface area (Å²) in [7, 11) is -4.21. The van der Waals surface area contributed by atoms with E-state index in [0.29, 0.717) is 17.0 Å². The van der Waals surface area contributed by atoms with Gasteiger partial charge in [0, 0.05) is 30.0 Å². The molecule has 1 unspecified atom stereocenters. The van der Waals surface area contributed by atoms with Crippen LogP contribution in [-0.4, -0.2) is 61.6 Å². The minimum Gasteiger partial charge on any atom is -0.490 e. The molecule has 4 rings (SSSR count). The van der Waals surface area contributed by atoms with E-state index in [1.807, 2.05) is 12.1 Å². The Morgan fingerprint density at radius 1 is 0.919 bits per heavy atom. The number of amides is 1. The van der Waals surface area contributed by atoms with Gasteiger partial charge in [-0.3, -0.25) is 4.79 Å². The second-order valence-electron chi connectivity index (χ2n) is 8.92. The number of ether oxygens (including phenoxy) is 1. The normalized spacial score (nSPS) is 15.1. The summed E-state index contributed by atoms with van der Waals surface area (Å²) in [4.78, 5) is 26.4. The van der Waals surface area contributed by atoms with Crippen LogP contribution in [0.15, 0.2) is 83.8 Å². The van der Waals surface area contributed by atoms with Gasteiger partial charge in [0.15, 0.2) is 9.84 Å². The van der Waals surface area contributed by atoms with Crippen LogP contribution in [-0.2, 0) is 14.6 Å². The highest BCUT2D eigenvalue weighted by Crippen LogP contribution is 2.23. The fraction of sp³-hybridized carbons (Fsp3) is 0.259. The number of nitrogens with one attached hydrogen (secondary N) is 1. The van der Waals surface area contributed by atoms with Gasteiger partial charge < -0.3 is 25.2 Å². The molecule has 0 aliphatic carbocycles. The molecule has 3 aromatic carbocycles. The van der Waals surface area contributed by atoms with Crippen molar-refractivity contribution in [2.24, 2.45) is 0 Å². The molecule has 3 aromatic rings. The lowest BCUT2D eigenvalue weighted by Gasteiger charge is -2.23. The van der Waals surface area contributed by atoms with Gasteiger partial charge >= 0.3 is 5.97 Å². The van der Waals surface area contributed by atoms with E-state index in [0.717, 1.165) is 31.6 Å². The first-order valence-corrected chi connectivity index (χ1v) is 13.4. The number of nitrogens with zero attached hydrogens (tertiary/aromatic N) is 1. The molecule has 194 valence electrons. The van der Waals surface area contributed by atoms with Gasteiger partial charge in [-0.1, -0.05) is 18.2 Å². The van der Waals surface area contributed by atoms with Crippen molar-refractivity contribution in [2.75, 3.05) is 35.7 Å². The van der Waals surface area contributed by atoms with Crippen molar-refractivity contribution in [3.8, 4) is 5.75 Å². The van der Waals surface area contributed by atoms with Crippen molar-refractivity contribution < 1.29 is 33.0 Å². The first-order chi connectivity index (χ1) is 17.7. The molecular formula is C27H28N2O7S. The zero-order valence-electron chi connectivity index (χ0n) is 20.0. The minimum absolute atomic E-state index is 0.195. The molecule has 0 saturated carbocycles. The molecule has 0 spiro atoms. The Labute approximate surface area is 215 Å². The van der Waals surface area contributed by atoms with E-state index in [-0.39, 0.29) is 10.8 Å². The molecule has 0 bridgehead atoms. The molecule has 0 aromatic heterocycles. The Morgan fingerprint density at radius 3 is 2.14 bits per heavy atom. The Hall–Kier alpha value is -3.89. The lowest BCUT2D eigenvalue weighted by atomic mass is 10.1. The summed E-state index contributed by atoms with van der Waals surface area (Å²) in [5.74, 6) is -2.85. The van der Waals surface area contributed by atoms with Crippen LogP contribution in [0.4, 0.5) is 11.4 Å². The Bertz CT molecular complexity index is 1340. The maximum absolute atomic E-state index is 12.9. The van der Waals surface area contributed by atoms with Gasteiger partial charge in [0.05, 0.1) is 10.6 Å². The quantitative estimate of drug-likeness (QED) is 0.368. The van der Waals surface area contributed by atoms with Crippen LogP contribution >= 0.6 is 0 Å². The van der Waals surface area contributed by atoms with Crippen LogP contribution < -0.4 is 15.0 Å². The van der Waals surface area contributed by atoms with Crippen LogP contribution in [0.2, 0.25) is 0 Å². The van der Waals surface area contributed by atoms with E-state index in [1.165, 1.54) is 24.3 Å². The van der Waals surface area contributed by atoms with Gasteiger partial charge in [0.1, 0.15) is 12.4 Å². The molecule has 1 amide bonds. The smallest absolute Gasteiger partial charge is 0.340 e. The number of carboxylic acid groups (broad SMARTS) is 1. The number of hydrogen-bond acceptors (Lipinski definition) is 7. The van der Waals surface area contributed by atoms with Gasteiger partial charge in [-0.2, -0.15) is 0 Å². The lowest BCUT2D eigenvalue weighted by Crippen LogP contribution is -2.50. The summed E-state index contributed by atoms with van der Waals surface area (Å²) in [6, 6.07) is 20.8. The highest BCUT2D eigenvalue weighted by Gasteiger charge is 2.42. The fourth-order valence-electron chi connectivity index (χ4n) is 4.03. The van der Waals surface area contributed by atoms with E-state index < -0.39 is 33.8 Å². The Morgan fingerprint density at radius 2 is 1.54 bits per heavy atom. The lowest BCUT2D eigenvalue weighted by molar-refractivity contribution is -0.158. The molecule has 3 N–H and O–H groups in total. The number of sulfone groups is 1. The molecule has 1 heterocycles. The minimum atomic E-state index is -4.21. The number of hydrogen-bond donors (Lipinski definition) is 3. The van der Waals surface area contributed by atoms with E-state index in [9.17, 15) is 28.2 Å². The van der Waals surface area contributed by atoms with Gasteiger partial charge in [0.25, 0.3) is 5.91 Å². The Kier molecular flexibility index (Phi) is 7.80. The molecule has 1 aliphatic rings. The standard InChI is InChI=1S/C27H28N2O7S/c30-25(20-8-12-22(13-9-20)29-16-4-5-17-29)28-21-10-14-24(15-11-21)37(34,35)19-27(33,26(31)32)18-36-23-6-2-1-3-7-23/h1-3,6-15,33H,4-5,16-19H2,(H,28,30)(H,31,32). The summed E-state index contributed by atoms with van der Waals surface area (Å²) >= 11 is 0. The number of anilines is 2. The molecule has 1 fully saturated rings. The van der Waals surface area contributed by atoms with Gasteiger partial charge in [-0.15, -0.1) is 0 Å². The largest absolute Gasteiger partial charge is 0.490 e. The molecule has 37 heavy (non-hydrogen) atoms. The van der Waals surface area contributed by atoms with E-state index >= 15 is 0 Å². The first kappa shape index (κ1) is 26.2. The summed E-state index contributed by atoms with van der Waals surface area (Å²) in [5.41, 5.74) is -0.764. The maximum atomic E-state index is 12.9. The second kappa shape index (κ2) is 11.0. The van der Waals surface area contributed by atoms with Crippen molar-refractivity contribution in [2.45, 2.75) is 23.3 Å². The van der Waals surface area contributed by atoms with Gasteiger partial charge in [-0.05, 0) is 73.5 Å². The van der Waals surface area contributed by atoms with Crippen molar-refractivity contribution in [1.82, 2.24) is 0 Å². The van der Waals surface area contributed by atoms with Crippen molar-refractivity contribution in [3.05, 3.63) is 84.4 Å². The molecule has 1 aliphatic heterocycles. The SMILES string of the molecule is O=C(Nc1ccc(S(=O)(=O)CC(O)(COc2ccccc2)C(=O)O)cc1)c1ccc(N2CCCC2)cc1. The fourth-order valence-corrected chi connectivity index (χ4v) is 5.58. The zero-order chi connectivity index (χ0) is 26.5. The first-order valence-electron chi connectivity index (χ1n) is 11.8. The monoisotopic (exact) mass is 524 g/mol. The molecule has 1 saturated heterocycles. The number of carbonyl (C=O) groups excluding carboxylic acids is 1. The number of benzene rings is 3. The predicted molar refractivity (Wildman–Crippen MR) is 139 cm³/mol. The summed E-state index contributed by atoms with van der Waals surface area (Å²) < 4.78 is 31.1. The molecule has 0 radical (unpaired) electrons. The van der Waals surface area contributed by atoms with Crippen molar-refractivity contribution >= 4 is 33.1 Å². The molecule has 1 atom stereocenters. The number of aliphatic hydroxyl groups is 1. The van der Waals surface area contributed by atoms with Crippen LogP contribution in [0.1, 0.15) is 23.2 Å². The zero-order valence-corrected chi connectivity index (χ0v) is 20.9. The topological polar surface area (TPSA) is 133 Å². The predicted octanol–water partition coefficient (Wildman–Crippen LogP) is 3.21. The van der Waals surface area contributed by atoms with E-state index in [4.69, 9.17) is 4.74 Å². The Balaban J connectivity index is 1.40. The molecule has 10 heteroatoms. The van der Waals surface area contributed by atoms with E-state index in [1.54, 1.807) is 42.5 Å². The average Bonchev–Trinajstić information content (AvgIpc) is 3.43. The number of carboxylic acids is 1. The van der Waals surface area contributed by atoms with Crippen LogP contribution in [0, 0.1) is 0 Å². The van der Waals surface area contributed by atoms with Crippen LogP contribution in [0.3, 0.4) is 0 Å². The van der Waals surface area contributed by atoms with E-state index in [2.05, 4.69) is 10.2 Å². The van der Waals surface area contributed by atoms with Crippen molar-refractivity contribution in [3.63, 3.8) is 0 Å². The van der Waals surface area contributed by atoms with Crippen LogP contribution in [0.5, 0.6) is 5.75 Å². The number of carbonyl (C=O) groups is 2. The second-order valence-corrected chi connectivity index (χ2v) is 10.9.